The quantitative estimate of drug-likeness (QED) is 0.813. The van der Waals surface area contributed by atoms with Crippen LogP contribution in [0.3, 0.4) is 0 Å². The summed E-state index contributed by atoms with van der Waals surface area (Å²) in [6.07, 6.45) is -1.57. The molecular formula is C21H31FN4O2. The van der Waals surface area contributed by atoms with Gasteiger partial charge in [0.2, 0.25) is 0 Å². The number of halogens is 1. The number of carbonyl (C=O) groups is 1. The number of benzene rings is 1. The highest BCUT2D eigenvalue weighted by Gasteiger charge is 2.38. The fourth-order valence-corrected chi connectivity index (χ4v) is 4.47. The van der Waals surface area contributed by atoms with Crippen molar-refractivity contribution in [1.29, 1.82) is 0 Å². The summed E-state index contributed by atoms with van der Waals surface area (Å²) in [7, 11) is 0. The van der Waals surface area contributed by atoms with E-state index in [4.69, 9.17) is 4.74 Å². The third kappa shape index (κ3) is 3.82. The Labute approximate surface area is 166 Å². The number of nitrogens with zero attached hydrogens (tertiary/aromatic N) is 2. The van der Waals surface area contributed by atoms with Crippen LogP contribution in [0.15, 0.2) is 18.2 Å². The molecule has 4 unspecified atom stereocenters. The summed E-state index contributed by atoms with van der Waals surface area (Å²) >= 11 is 0. The van der Waals surface area contributed by atoms with Gasteiger partial charge in [-0.3, -0.25) is 4.90 Å². The second-order valence-electron chi connectivity index (χ2n) is 9.26. The van der Waals surface area contributed by atoms with Crippen LogP contribution in [-0.2, 0) is 11.3 Å². The van der Waals surface area contributed by atoms with E-state index < -0.39 is 23.9 Å². The van der Waals surface area contributed by atoms with E-state index in [9.17, 15) is 9.18 Å². The number of fused-ring (bicyclic) bond motifs is 3. The maximum atomic E-state index is 14.6. The number of alkyl halides is 1. The van der Waals surface area contributed by atoms with Gasteiger partial charge in [-0.2, -0.15) is 0 Å². The molecule has 0 saturated carbocycles. The topological polar surface area (TPSA) is 56.8 Å². The number of rotatable bonds is 2. The smallest absolute Gasteiger partial charge is 0.410 e. The number of piperazine rings is 1. The Morgan fingerprint density at radius 3 is 2.82 bits per heavy atom. The Kier molecular flexibility index (Phi) is 5.00. The van der Waals surface area contributed by atoms with E-state index in [1.165, 1.54) is 16.0 Å². The summed E-state index contributed by atoms with van der Waals surface area (Å²) in [6.45, 7) is 11.0. The normalized spacial score (nSPS) is 30.1. The molecule has 0 spiro atoms. The first kappa shape index (κ1) is 19.5. The van der Waals surface area contributed by atoms with Crippen molar-refractivity contribution >= 4 is 11.8 Å². The minimum atomic E-state index is -1.11. The van der Waals surface area contributed by atoms with Crippen molar-refractivity contribution in [2.45, 2.75) is 64.1 Å². The van der Waals surface area contributed by atoms with Crippen LogP contribution < -0.4 is 10.6 Å². The maximum Gasteiger partial charge on any atom is 0.410 e. The van der Waals surface area contributed by atoms with Crippen LogP contribution in [0.2, 0.25) is 0 Å². The number of anilines is 1. The number of amides is 1. The van der Waals surface area contributed by atoms with Crippen LogP contribution in [0.25, 0.3) is 0 Å². The average molecular weight is 391 g/mol. The first-order valence-corrected chi connectivity index (χ1v) is 10.2. The molecule has 2 N–H and O–H groups in total. The molecule has 1 aromatic carbocycles. The average Bonchev–Trinajstić information content (AvgIpc) is 3.15. The fourth-order valence-electron chi connectivity index (χ4n) is 4.47. The summed E-state index contributed by atoms with van der Waals surface area (Å²) < 4.78 is 19.9. The van der Waals surface area contributed by atoms with Gasteiger partial charge in [0.25, 0.3) is 0 Å². The van der Waals surface area contributed by atoms with Gasteiger partial charge in [0.15, 0.2) is 0 Å². The van der Waals surface area contributed by atoms with E-state index in [-0.39, 0.29) is 6.54 Å². The van der Waals surface area contributed by atoms with E-state index in [2.05, 4.69) is 34.6 Å². The first-order valence-electron chi connectivity index (χ1n) is 10.2. The van der Waals surface area contributed by atoms with E-state index >= 15 is 0 Å². The largest absolute Gasteiger partial charge is 0.444 e. The van der Waals surface area contributed by atoms with E-state index in [0.717, 1.165) is 25.3 Å². The summed E-state index contributed by atoms with van der Waals surface area (Å²) in [5, 5.41) is 6.80. The van der Waals surface area contributed by atoms with Gasteiger partial charge in [-0.05, 0) is 51.0 Å². The van der Waals surface area contributed by atoms with Crippen molar-refractivity contribution in [3.8, 4) is 0 Å². The number of hydrogen-bond donors (Lipinski definition) is 2. The molecule has 2 fully saturated rings. The van der Waals surface area contributed by atoms with Gasteiger partial charge in [0.1, 0.15) is 11.8 Å². The van der Waals surface area contributed by atoms with Crippen LogP contribution in [0.1, 0.15) is 44.9 Å². The Balaban J connectivity index is 1.42. The number of nitrogens with one attached hydrogen (secondary N) is 2. The van der Waals surface area contributed by atoms with Gasteiger partial charge in [-0.1, -0.05) is 6.07 Å². The summed E-state index contributed by atoms with van der Waals surface area (Å²) in [6, 6.07) is 6.85. The monoisotopic (exact) mass is 390 g/mol. The number of ether oxygens (including phenoxy) is 1. The minimum absolute atomic E-state index is 0.0660. The predicted molar refractivity (Wildman–Crippen MR) is 107 cm³/mol. The molecule has 1 aromatic rings. The van der Waals surface area contributed by atoms with Crippen LogP contribution >= 0.6 is 0 Å². The van der Waals surface area contributed by atoms with E-state index in [1.54, 1.807) is 0 Å². The molecule has 0 bridgehead atoms. The zero-order chi connectivity index (χ0) is 20.1. The van der Waals surface area contributed by atoms with Crippen LogP contribution in [0.4, 0.5) is 14.9 Å². The molecule has 3 heterocycles. The van der Waals surface area contributed by atoms with Crippen molar-refractivity contribution in [2.75, 3.05) is 31.5 Å². The molecule has 3 aliphatic rings. The Morgan fingerprint density at radius 2 is 2.07 bits per heavy atom. The van der Waals surface area contributed by atoms with Crippen molar-refractivity contribution < 1.29 is 13.9 Å². The highest BCUT2D eigenvalue weighted by molar-refractivity contribution is 5.69. The molecule has 3 aliphatic heterocycles. The molecule has 0 aromatic heterocycles. The molecule has 28 heavy (non-hydrogen) atoms. The van der Waals surface area contributed by atoms with Crippen LogP contribution in [0, 0.1) is 0 Å². The van der Waals surface area contributed by atoms with Gasteiger partial charge in [-0.25, -0.2) is 9.18 Å². The molecule has 2 saturated heterocycles. The number of carbonyl (C=O) groups excluding carboxylic acids is 1. The lowest BCUT2D eigenvalue weighted by atomic mass is 10.0. The van der Waals surface area contributed by atoms with Crippen LogP contribution in [0.5, 0.6) is 0 Å². The van der Waals surface area contributed by atoms with Crippen molar-refractivity contribution in [3.63, 3.8) is 0 Å². The van der Waals surface area contributed by atoms with Crippen molar-refractivity contribution in [3.05, 3.63) is 29.3 Å². The lowest BCUT2D eigenvalue weighted by Gasteiger charge is -2.36. The predicted octanol–water partition coefficient (Wildman–Crippen LogP) is 2.90. The van der Waals surface area contributed by atoms with Gasteiger partial charge in [0, 0.05) is 44.0 Å². The standard InChI is InChI=1S/C21H31FN4O2/c1-13-8-23-9-19-16-6-5-15(7-14(16)10-26(13)19)24-18-12-25(11-17(18)22)20(27)28-21(2,3)4/h5-7,13,17-19,23-24H,8-12H2,1-4H3. The lowest BCUT2D eigenvalue weighted by molar-refractivity contribution is 0.0283. The molecular weight excluding hydrogens is 359 g/mol. The molecule has 0 radical (unpaired) electrons. The molecule has 4 atom stereocenters. The second kappa shape index (κ2) is 7.19. The fraction of sp³-hybridized carbons (Fsp3) is 0.667. The van der Waals surface area contributed by atoms with Gasteiger partial charge < -0.3 is 20.3 Å². The van der Waals surface area contributed by atoms with Crippen LogP contribution in [-0.4, -0.2) is 65.9 Å². The third-order valence-corrected chi connectivity index (χ3v) is 5.85. The molecule has 6 nitrogen and oxygen atoms in total. The summed E-state index contributed by atoms with van der Waals surface area (Å²) in [5.41, 5.74) is 3.01. The Morgan fingerprint density at radius 1 is 1.29 bits per heavy atom. The van der Waals surface area contributed by atoms with Gasteiger partial charge in [-0.15, -0.1) is 0 Å². The highest BCUT2D eigenvalue weighted by Crippen LogP contribution is 2.38. The zero-order valence-electron chi connectivity index (χ0n) is 17.2. The molecule has 7 heteroatoms. The Bertz CT molecular complexity index is 750. The lowest BCUT2D eigenvalue weighted by Crippen LogP contribution is -2.48. The minimum Gasteiger partial charge on any atom is -0.444 e. The summed E-state index contributed by atoms with van der Waals surface area (Å²) in [5.74, 6) is 0. The highest BCUT2D eigenvalue weighted by atomic mass is 19.1. The summed E-state index contributed by atoms with van der Waals surface area (Å²) in [4.78, 5) is 16.2. The van der Waals surface area contributed by atoms with E-state index in [0.29, 0.717) is 18.6 Å². The second-order valence-corrected chi connectivity index (χ2v) is 9.26. The first-order chi connectivity index (χ1) is 13.2. The van der Waals surface area contributed by atoms with Gasteiger partial charge >= 0.3 is 6.09 Å². The van der Waals surface area contributed by atoms with E-state index in [1.807, 2.05) is 26.8 Å². The SMILES string of the molecule is CC1CNCC2c3ccc(NC4CN(C(=O)OC(C)(C)C)CC4F)cc3CN12. The zero-order valence-corrected chi connectivity index (χ0v) is 17.2. The number of hydrogen-bond acceptors (Lipinski definition) is 5. The number of likely N-dealkylation sites (tertiary alicyclic amines) is 1. The van der Waals surface area contributed by atoms with Crippen molar-refractivity contribution in [2.24, 2.45) is 0 Å². The molecule has 4 rings (SSSR count). The van der Waals surface area contributed by atoms with Gasteiger partial charge in [0.05, 0.1) is 12.6 Å². The molecule has 0 aliphatic carbocycles. The maximum absolute atomic E-state index is 14.6. The Hall–Kier alpha value is -1.86. The molecule has 1 amide bonds. The third-order valence-electron chi connectivity index (χ3n) is 5.85. The molecule has 154 valence electrons. The van der Waals surface area contributed by atoms with Crippen molar-refractivity contribution in [1.82, 2.24) is 15.1 Å².